The van der Waals surface area contributed by atoms with E-state index in [2.05, 4.69) is 48.6 Å². The van der Waals surface area contributed by atoms with Gasteiger partial charge in [0.2, 0.25) is 5.91 Å². The summed E-state index contributed by atoms with van der Waals surface area (Å²) in [5, 5.41) is 11.3. The molecule has 3 rings (SSSR count). The molecule has 3 atom stereocenters. The summed E-state index contributed by atoms with van der Waals surface area (Å²) in [6.45, 7) is 8.01. The molecule has 0 saturated carbocycles. The topological polar surface area (TPSA) is 59.0 Å². The third-order valence-electron chi connectivity index (χ3n) is 5.07. The number of thioether (sulfide) groups is 1. The highest BCUT2D eigenvalue weighted by atomic mass is 35.5. The third-order valence-corrected chi connectivity index (χ3v) is 6.33. The van der Waals surface area contributed by atoms with Crippen molar-refractivity contribution < 1.29 is 4.79 Å². The Morgan fingerprint density at radius 3 is 2.85 bits per heavy atom. The molecule has 27 heavy (non-hydrogen) atoms. The zero-order chi connectivity index (χ0) is 18.7. The van der Waals surface area contributed by atoms with Gasteiger partial charge >= 0.3 is 0 Å². The largest absolute Gasteiger partial charge is 0.326 e. The number of nitrogens with one attached hydrogen (secondary N) is 2. The molecule has 2 aromatic rings. The van der Waals surface area contributed by atoms with Crippen LogP contribution in [0.5, 0.6) is 0 Å². The van der Waals surface area contributed by atoms with Crippen LogP contribution in [0.2, 0.25) is 0 Å². The van der Waals surface area contributed by atoms with E-state index in [-0.39, 0.29) is 30.2 Å². The van der Waals surface area contributed by atoms with Crippen LogP contribution in [-0.2, 0) is 11.8 Å². The lowest BCUT2D eigenvalue weighted by Crippen LogP contribution is -2.28. The van der Waals surface area contributed by atoms with Gasteiger partial charge in [-0.2, -0.15) is 5.10 Å². The molecule has 1 aromatic carbocycles. The van der Waals surface area contributed by atoms with Crippen molar-refractivity contribution in [1.29, 1.82) is 0 Å². The number of carbonyl (C=O) groups is 1. The smallest absolute Gasteiger partial charge is 0.229 e. The van der Waals surface area contributed by atoms with Crippen LogP contribution in [0.1, 0.15) is 37.3 Å². The van der Waals surface area contributed by atoms with Gasteiger partial charge in [0.05, 0.1) is 12.1 Å². The van der Waals surface area contributed by atoms with E-state index in [1.807, 2.05) is 37.3 Å². The molecule has 7 heteroatoms. The van der Waals surface area contributed by atoms with Gasteiger partial charge in [-0.05, 0) is 42.7 Å². The molecule has 2 heterocycles. The molecule has 1 aliphatic heterocycles. The van der Waals surface area contributed by atoms with Gasteiger partial charge in [-0.1, -0.05) is 13.8 Å². The maximum Gasteiger partial charge on any atom is 0.229 e. The first-order chi connectivity index (χ1) is 12.5. The van der Waals surface area contributed by atoms with Crippen LogP contribution in [0, 0.1) is 12.8 Å². The summed E-state index contributed by atoms with van der Waals surface area (Å²) < 4.78 is 1.79. The van der Waals surface area contributed by atoms with E-state index in [0.717, 1.165) is 29.8 Å². The Kier molecular flexibility index (Phi) is 7.77. The molecule has 0 radical (unpaired) electrons. The zero-order valence-corrected chi connectivity index (χ0v) is 18.0. The number of aromatic nitrogens is 2. The molecule has 0 aliphatic carbocycles. The van der Waals surface area contributed by atoms with Gasteiger partial charge in [-0.15, -0.1) is 24.2 Å². The van der Waals surface area contributed by atoms with Crippen LogP contribution in [0.4, 0.5) is 5.69 Å². The Morgan fingerprint density at radius 1 is 1.44 bits per heavy atom. The van der Waals surface area contributed by atoms with E-state index in [1.54, 1.807) is 4.68 Å². The minimum Gasteiger partial charge on any atom is -0.326 e. The number of aryl methyl sites for hydroxylation is 2. The highest BCUT2D eigenvalue weighted by Crippen LogP contribution is 2.31. The number of nitrogens with zero attached hydrogens (tertiary/aromatic N) is 2. The molecule has 0 spiro atoms. The Bertz CT molecular complexity index is 779. The lowest BCUT2D eigenvalue weighted by atomic mass is 9.90. The second kappa shape index (κ2) is 9.62. The van der Waals surface area contributed by atoms with Gasteiger partial charge in [-0.25, -0.2) is 0 Å². The Hall–Kier alpha value is -1.50. The molecule has 1 saturated heterocycles. The van der Waals surface area contributed by atoms with E-state index in [9.17, 15) is 4.79 Å². The quantitative estimate of drug-likeness (QED) is 0.709. The standard InChI is InChI=1S/C20H28N4OS.ClH/c1-5-14(3)26-16-6-7-19(13(2)8-16)23-20(25)18-11-21-10-17(18)15-9-22-24(4)12-15;/h6-9,12,14,17-18,21H,5,10-11H2,1-4H3,(H,23,25);1H/t14?,17-,18+;/m1./s1. The van der Waals surface area contributed by atoms with Crippen molar-refractivity contribution in [3.63, 3.8) is 0 Å². The average Bonchev–Trinajstić information content (AvgIpc) is 3.25. The SMILES string of the molecule is CCC(C)Sc1ccc(NC(=O)[C@H]2CNC[C@@H]2c2cnn(C)c2)c(C)c1.Cl. The predicted octanol–water partition coefficient (Wildman–Crippen LogP) is 3.98. The van der Waals surface area contributed by atoms with E-state index in [1.165, 1.54) is 4.90 Å². The van der Waals surface area contributed by atoms with Gasteiger partial charge in [0.15, 0.2) is 0 Å². The molecule has 5 nitrogen and oxygen atoms in total. The van der Waals surface area contributed by atoms with Gasteiger partial charge in [0.25, 0.3) is 0 Å². The summed E-state index contributed by atoms with van der Waals surface area (Å²) in [6, 6.07) is 6.29. The highest BCUT2D eigenvalue weighted by Gasteiger charge is 2.34. The van der Waals surface area contributed by atoms with E-state index < -0.39 is 0 Å². The second-order valence-corrected chi connectivity index (χ2v) is 8.63. The van der Waals surface area contributed by atoms with E-state index >= 15 is 0 Å². The molecule has 1 fully saturated rings. The van der Waals surface area contributed by atoms with Crippen molar-refractivity contribution in [3.8, 4) is 0 Å². The van der Waals surface area contributed by atoms with Crippen LogP contribution in [0.25, 0.3) is 0 Å². The number of hydrogen-bond acceptors (Lipinski definition) is 4. The molecular weight excluding hydrogens is 380 g/mol. The van der Waals surface area contributed by atoms with E-state index in [4.69, 9.17) is 0 Å². The van der Waals surface area contributed by atoms with Crippen LogP contribution in [-0.4, -0.2) is 34.0 Å². The maximum atomic E-state index is 12.9. The first-order valence-corrected chi connectivity index (χ1v) is 10.1. The lowest BCUT2D eigenvalue weighted by Gasteiger charge is -2.18. The molecule has 1 amide bonds. The number of hydrogen-bond donors (Lipinski definition) is 2. The van der Waals surface area contributed by atoms with Gasteiger partial charge < -0.3 is 10.6 Å². The number of carbonyl (C=O) groups excluding carboxylic acids is 1. The average molecular weight is 409 g/mol. The maximum absolute atomic E-state index is 12.9. The lowest BCUT2D eigenvalue weighted by molar-refractivity contribution is -0.119. The van der Waals surface area contributed by atoms with Crippen molar-refractivity contribution in [2.75, 3.05) is 18.4 Å². The fourth-order valence-electron chi connectivity index (χ4n) is 3.33. The fourth-order valence-corrected chi connectivity index (χ4v) is 4.35. The first-order valence-electron chi connectivity index (χ1n) is 9.25. The van der Waals surface area contributed by atoms with Crippen molar-refractivity contribution in [3.05, 3.63) is 41.7 Å². The number of benzene rings is 1. The number of rotatable bonds is 6. The van der Waals surface area contributed by atoms with Crippen molar-refractivity contribution >= 4 is 35.8 Å². The summed E-state index contributed by atoms with van der Waals surface area (Å²) in [5.74, 6) is 0.172. The van der Waals surface area contributed by atoms with Crippen LogP contribution in [0.15, 0.2) is 35.5 Å². The third kappa shape index (κ3) is 5.27. The van der Waals surface area contributed by atoms with Crippen molar-refractivity contribution in [2.24, 2.45) is 13.0 Å². The second-order valence-electron chi connectivity index (χ2n) is 7.12. The van der Waals surface area contributed by atoms with Gasteiger partial charge in [-0.3, -0.25) is 9.48 Å². The van der Waals surface area contributed by atoms with Crippen molar-refractivity contribution in [1.82, 2.24) is 15.1 Å². The van der Waals surface area contributed by atoms with Crippen molar-refractivity contribution in [2.45, 2.75) is 43.3 Å². The molecular formula is C20H29ClN4OS. The van der Waals surface area contributed by atoms with E-state index in [0.29, 0.717) is 11.8 Å². The first kappa shape index (κ1) is 21.8. The van der Waals surface area contributed by atoms with Crippen LogP contribution < -0.4 is 10.6 Å². The fraction of sp³-hybridized carbons (Fsp3) is 0.500. The molecule has 1 aliphatic rings. The number of anilines is 1. The Labute approximate surface area is 172 Å². The summed E-state index contributed by atoms with van der Waals surface area (Å²) in [4.78, 5) is 14.1. The summed E-state index contributed by atoms with van der Waals surface area (Å²) in [5.41, 5.74) is 3.13. The number of halogens is 1. The van der Waals surface area contributed by atoms with Crippen LogP contribution >= 0.6 is 24.2 Å². The Balaban J connectivity index is 0.00000261. The molecule has 148 valence electrons. The van der Waals surface area contributed by atoms with Gasteiger partial charge in [0.1, 0.15) is 0 Å². The molecule has 0 bridgehead atoms. The normalized spacial score (nSPS) is 20.1. The monoisotopic (exact) mass is 408 g/mol. The summed E-state index contributed by atoms with van der Waals surface area (Å²) in [7, 11) is 1.91. The summed E-state index contributed by atoms with van der Waals surface area (Å²) >= 11 is 1.88. The number of amides is 1. The molecule has 1 unspecified atom stereocenters. The minimum absolute atomic E-state index is 0. The molecule has 2 N–H and O–H groups in total. The van der Waals surface area contributed by atoms with Gasteiger partial charge in [0, 0.05) is 48.1 Å². The molecule has 1 aromatic heterocycles. The Morgan fingerprint density at radius 2 is 2.22 bits per heavy atom. The van der Waals surface area contributed by atoms with Crippen LogP contribution in [0.3, 0.4) is 0 Å². The summed E-state index contributed by atoms with van der Waals surface area (Å²) in [6.07, 6.45) is 5.01. The zero-order valence-electron chi connectivity index (χ0n) is 16.4. The highest BCUT2D eigenvalue weighted by molar-refractivity contribution is 7.99. The predicted molar refractivity (Wildman–Crippen MR) is 115 cm³/mol. The minimum atomic E-state index is -0.0761.